The van der Waals surface area contributed by atoms with Crippen molar-refractivity contribution in [1.29, 1.82) is 0 Å². The molecule has 0 spiro atoms. The SMILES string of the molecule is CN1CCC[C@@H]1COc1cc([N+](=O)[O-])ccc1C(F)(F)F. The van der Waals surface area contributed by atoms with E-state index in [0.29, 0.717) is 6.07 Å². The maximum atomic E-state index is 12.9. The summed E-state index contributed by atoms with van der Waals surface area (Å²) in [6, 6.07) is 2.38. The second-order valence-electron chi connectivity index (χ2n) is 5.02. The van der Waals surface area contributed by atoms with E-state index in [9.17, 15) is 23.3 Å². The quantitative estimate of drug-likeness (QED) is 0.633. The number of nitro benzene ring substituents is 1. The van der Waals surface area contributed by atoms with Gasteiger partial charge in [0.15, 0.2) is 0 Å². The maximum absolute atomic E-state index is 12.9. The minimum absolute atomic E-state index is 0.0327. The summed E-state index contributed by atoms with van der Waals surface area (Å²) < 4.78 is 43.9. The molecule has 21 heavy (non-hydrogen) atoms. The molecule has 116 valence electrons. The van der Waals surface area contributed by atoms with E-state index < -0.39 is 28.1 Å². The highest BCUT2D eigenvalue weighted by Crippen LogP contribution is 2.38. The summed E-state index contributed by atoms with van der Waals surface area (Å²) in [5, 5.41) is 10.7. The average Bonchev–Trinajstić information content (AvgIpc) is 2.80. The van der Waals surface area contributed by atoms with Crippen molar-refractivity contribution in [1.82, 2.24) is 4.90 Å². The molecule has 1 aliphatic heterocycles. The zero-order valence-corrected chi connectivity index (χ0v) is 11.4. The molecule has 1 aliphatic rings. The first kappa shape index (κ1) is 15.6. The molecule has 1 aromatic rings. The first-order chi connectivity index (χ1) is 9.79. The Hall–Kier alpha value is -1.83. The lowest BCUT2D eigenvalue weighted by Crippen LogP contribution is -2.31. The fourth-order valence-electron chi connectivity index (χ4n) is 2.35. The molecule has 0 radical (unpaired) electrons. The predicted octanol–water partition coefficient (Wildman–Crippen LogP) is 3.09. The van der Waals surface area contributed by atoms with Gasteiger partial charge in [0.1, 0.15) is 12.4 Å². The number of ether oxygens (including phenoxy) is 1. The van der Waals surface area contributed by atoms with Crippen molar-refractivity contribution in [2.75, 3.05) is 20.2 Å². The predicted molar refractivity (Wildman–Crippen MR) is 69.2 cm³/mol. The lowest BCUT2D eigenvalue weighted by atomic mass is 10.1. The van der Waals surface area contributed by atoms with Crippen LogP contribution in [0.25, 0.3) is 0 Å². The Morgan fingerprint density at radius 3 is 2.71 bits per heavy atom. The third-order valence-electron chi connectivity index (χ3n) is 3.58. The van der Waals surface area contributed by atoms with Gasteiger partial charge in [0.05, 0.1) is 16.6 Å². The Labute approximate surface area is 119 Å². The van der Waals surface area contributed by atoms with Crippen LogP contribution in [-0.4, -0.2) is 36.1 Å². The van der Waals surface area contributed by atoms with Crippen LogP contribution >= 0.6 is 0 Å². The monoisotopic (exact) mass is 304 g/mol. The molecule has 1 fully saturated rings. The van der Waals surface area contributed by atoms with Gasteiger partial charge in [-0.25, -0.2) is 0 Å². The zero-order chi connectivity index (χ0) is 15.6. The molecule has 1 atom stereocenters. The van der Waals surface area contributed by atoms with Crippen LogP contribution < -0.4 is 4.74 Å². The van der Waals surface area contributed by atoms with Crippen LogP contribution in [0.1, 0.15) is 18.4 Å². The first-order valence-electron chi connectivity index (χ1n) is 6.47. The van der Waals surface area contributed by atoms with Gasteiger partial charge >= 0.3 is 6.18 Å². The van der Waals surface area contributed by atoms with Crippen molar-refractivity contribution in [3.63, 3.8) is 0 Å². The first-order valence-corrected chi connectivity index (χ1v) is 6.47. The molecule has 8 heteroatoms. The van der Waals surface area contributed by atoms with Gasteiger partial charge in [-0.15, -0.1) is 0 Å². The van der Waals surface area contributed by atoms with Crippen molar-refractivity contribution in [3.8, 4) is 5.75 Å². The molecule has 0 aliphatic carbocycles. The number of hydrogen-bond acceptors (Lipinski definition) is 4. The minimum atomic E-state index is -4.61. The fraction of sp³-hybridized carbons (Fsp3) is 0.538. The Morgan fingerprint density at radius 1 is 1.48 bits per heavy atom. The van der Waals surface area contributed by atoms with E-state index in [0.717, 1.165) is 31.5 Å². The number of nitrogens with zero attached hydrogens (tertiary/aromatic N) is 2. The molecule has 0 amide bonds. The van der Waals surface area contributed by atoms with Crippen LogP contribution in [-0.2, 0) is 6.18 Å². The highest BCUT2D eigenvalue weighted by molar-refractivity contribution is 5.45. The van der Waals surface area contributed by atoms with Crippen LogP contribution in [0.5, 0.6) is 5.75 Å². The molecule has 5 nitrogen and oxygen atoms in total. The molecular weight excluding hydrogens is 289 g/mol. The van der Waals surface area contributed by atoms with Gasteiger partial charge < -0.3 is 9.64 Å². The smallest absolute Gasteiger partial charge is 0.419 e. The normalized spacial score (nSPS) is 19.7. The van der Waals surface area contributed by atoms with E-state index in [1.807, 2.05) is 11.9 Å². The number of alkyl halides is 3. The number of nitro groups is 1. The van der Waals surface area contributed by atoms with Gasteiger partial charge in [-0.1, -0.05) is 0 Å². The van der Waals surface area contributed by atoms with E-state index >= 15 is 0 Å². The van der Waals surface area contributed by atoms with Gasteiger partial charge in [0, 0.05) is 12.1 Å². The van der Waals surface area contributed by atoms with Crippen molar-refractivity contribution in [2.24, 2.45) is 0 Å². The topological polar surface area (TPSA) is 55.6 Å². The van der Waals surface area contributed by atoms with Crippen LogP contribution in [0.15, 0.2) is 18.2 Å². The standard InChI is InChI=1S/C13H15F3N2O3/c1-17-6-2-3-10(17)8-21-12-7-9(18(19)20)4-5-11(12)13(14,15)16/h4-5,7,10H,2-3,6,8H2,1H3/t10-/m1/s1. The molecule has 0 bridgehead atoms. The Bertz CT molecular complexity index is 534. The van der Waals surface area contributed by atoms with Crippen molar-refractivity contribution < 1.29 is 22.8 Å². The van der Waals surface area contributed by atoms with Crippen LogP contribution in [0.4, 0.5) is 18.9 Å². The van der Waals surface area contributed by atoms with E-state index in [4.69, 9.17) is 4.74 Å². The summed E-state index contributed by atoms with van der Waals surface area (Å²) in [5.41, 5.74) is -1.41. The van der Waals surface area contributed by atoms with Gasteiger partial charge in [-0.3, -0.25) is 10.1 Å². The van der Waals surface area contributed by atoms with Crippen LogP contribution in [0, 0.1) is 10.1 Å². The van der Waals surface area contributed by atoms with Crippen molar-refractivity contribution in [3.05, 3.63) is 33.9 Å². The van der Waals surface area contributed by atoms with E-state index in [1.54, 1.807) is 0 Å². The summed E-state index contributed by atoms with van der Waals surface area (Å²) in [6.45, 7) is 0.954. The lowest BCUT2D eigenvalue weighted by Gasteiger charge is -2.21. The van der Waals surface area contributed by atoms with Gasteiger partial charge in [0.25, 0.3) is 5.69 Å². The minimum Gasteiger partial charge on any atom is -0.491 e. The number of hydrogen-bond donors (Lipinski definition) is 0. The van der Waals surface area contributed by atoms with Crippen molar-refractivity contribution >= 4 is 5.69 Å². The number of non-ortho nitro benzene ring substituents is 1. The summed E-state index contributed by atoms with van der Waals surface area (Å²) in [6.07, 6.45) is -2.80. The highest BCUT2D eigenvalue weighted by atomic mass is 19.4. The third-order valence-corrected chi connectivity index (χ3v) is 3.58. The van der Waals surface area contributed by atoms with E-state index in [-0.39, 0.29) is 12.6 Å². The largest absolute Gasteiger partial charge is 0.491 e. The fourth-order valence-corrected chi connectivity index (χ4v) is 2.35. The average molecular weight is 304 g/mol. The van der Waals surface area contributed by atoms with E-state index in [2.05, 4.69) is 0 Å². The zero-order valence-electron chi connectivity index (χ0n) is 11.4. The Morgan fingerprint density at radius 2 is 2.19 bits per heavy atom. The van der Waals surface area contributed by atoms with Gasteiger partial charge in [-0.05, 0) is 32.5 Å². The van der Waals surface area contributed by atoms with Crippen LogP contribution in [0.2, 0.25) is 0 Å². The number of benzene rings is 1. The lowest BCUT2D eigenvalue weighted by molar-refractivity contribution is -0.385. The number of likely N-dealkylation sites (N-methyl/N-ethyl adjacent to an activating group) is 1. The maximum Gasteiger partial charge on any atom is 0.419 e. The highest BCUT2D eigenvalue weighted by Gasteiger charge is 2.35. The Balaban J connectivity index is 2.22. The molecule has 2 rings (SSSR count). The molecule has 0 N–H and O–H groups in total. The molecule has 1 heterocycles. The summed E-state index contributed by atoms with van der Waals surface area (Å²) >= 11 is 0. The second kappa shape index (κ2) is 5.88. The molecule has 0 aromatic heterocycles. The molecule has 1 saturated heterocycles. The molecule has 1 aromatic carbocycles. The van der Waals surface area contributed by atoms with Crippen LogP contribution in [0.3, 0.4) is 0 Å². The second-order valence-corrected chi connectivity index (χ2v) is 5.02. The summed E-state index contributed by atoms with van der Waals surface area (Å²) in [5.74, 6) is -0.489. The van der Waals surface area contributed by atoms with E-state index in [1.165, 1.54) is 0 Å². The number of likely N-dealkylation sites (tertiary alicyclic amines) is 1. The van der Waals surface area contributed by atoms with Gasteiger partial charge in [0.2, 0.25) is 0 Å². The molecular formula is C13H15F3N2O3. The Kier molecular flexibility index (Phi) is 4.36. The summed E-state index contributed by atoms with van der Waals surface area (Å²) in [7, 11) is 1.87. The third kappa shape index (κ3) is 3.63. The summed E-state index contributed by atoms with van der Waals surface area (Å²) in [4.78, 5) is 12.0. The number of rotatable bonds is 4. The van der Waals surface area contributed by atoms with Crippen molar-refractivity contribution in [2.45, 2.75) is 25.1 Å². The number of halogens is 3. The molecule has 0 unspecified atom stereocenters. The molecule has 0 saturated carbocycles. The van der Waals surface area contributed by atoms with Gasteiger partial charge in [-0.2, -0.15) is 13.2 Å².